The number of hydrogen-bond donors (Lipinski definition) is 2. The van der Waals surface area contributed by atoms with Crippen molar-refractivity contribution in [1.82, 2.24) is 10.2 Å². The van der Waals surface area contributed by atoms with Crippen molar-refractivity contribution >= 4 is 6.09 Å². The molecule has 3 rings (SSSR count). The van der Waals surface area contributed by atoms with Gasteiger partial charge in [0.2, 0.25) is 0 Å². The lowest BCUT2D eigenvalue weighted by Gasteiger charge is -2.58. The van der Waals surface area contributed by atoms with Crippen LogP contribution in [0.25, 0.3) is 0 Å². The molecule has 2 heterocycles. The molecule has 0 aromatic rings. The fourth-order valence-electron chi connectivity index (χ4n) is 3.48. The first-order chi connectivity index (χ1) is 7.23. The molecule has 0 aromatic carbocycles. The van der Waals surface area contributed by atoms with Crippen LogP contribution in [0.5, 0.6) is 0 Å². The Labute approximate surface area is 89.6 Å². The van der Waals surface area contributed by atoms with E-state index in [2.05, 4.69) is 5.32 Å². The monoisotopic (exact) mass is 210 g/mol. The molecule has 1 aliphatic carbocycles. The fourth-order valence-corrected chi connectivity index (χ4v) is 3.48. The molecular weight excluding hydrogens is 192 g/mol. The zero-order valence-electron chi connectivity index (χ0n) is 8.91. The van der Waals surface area contributed by atoms with Crippen molar-refractivity contribution in [1.29, 1.82) is 0 Å². The van der Waals surface area contributed by atoms with Crippen molar-refractivity contribution in [2.24, 2.45) is 11.3 Å². The van der Waals surface area contributed by atoms with Gasteiger partial charge in [0.05, 0.1) is 0 Å². The summed E-state index contributed by atoms with van der Waals surface area (Å²) in [6.45, 7) is 2.92. The first-order valence-electron chi connectivity index (χ1n) is 5.93. The van der Waals surface area contributed by atoms with Crippen molar-refractivity contribution in [3.63, 3.8) is 0 Å². The highest BCUT2D eigenvalue weighted by Gasteiger charge is 2.59. The standard InChI is InChI=1S/C11H18N2O2/c14-10(15)13-7-11(3-5-12-6-4-11)9(13)8-1-2-8/h8-9,12H,1-7H2,(H,14,15). The van der Waals surface area contributed by atoms with Gasteiger partial charge in [-0.3, -0.25) is 0 Å². The molecule has 3 fully saturated rings. The van der Waals surface area contributed by atoms with E-state index in [0.717, 1.165) is 32.5 Å². The van der Waals surface area contributed by atoms with Crippen LogP contribution in [0.1, 0.15) is 25.7 Å². The van der Waals surface area contributed by atoms with Gasteiger partial charge < -0.3 is 15.3 Å². The van der Waals surface area contributed by atoms with Gasteiger partial charge in [-0.2, -0.15) is 0 Å². The quantitative estimate of drug-likeness (QED) is 0.682. The lowest BCUT2D eigenvalue weighted by molar-refractivity contribution is -0.0849. The van der Waals surface area contributed by atoms with Crippen LogP contribution >= 0.6 is 0 Å². The molecule has 4 heteroatoms. The molecule has 0 radical (unpaired) electrons. The third kappa shape index (κ3) is 1.34. The Balaban J connectivity index is 1.77. The van der Waals surface area contributed by atoms with Crippen LogP contribution in [-0.4, -0.2) is 41.8 Å². The van der Waals surface area contributed by atoms with Gasteiger partial charge in [0, 0.05) is 18.0 Å². The van der Waals surface area contributed by atoms with E-state index in [4.69, 9.17) is 5.11 Å². The van der Waals surface area contributed by atoms with Crippen LogP contribution in [0.2, 0.25) is 0 Å². The third-order valence-electron chi connectivity index (χ3n) is 4.36. The van der Waals surface area contributed by atoms with Gasteiger partial charge in [0.15, 0.2) is 0 Å². The summed E-state index contributed by atoms with van der Waals surface area (Å²) in [4.78, 5) is 12.7. The van der Waals surface area contributed by atoms with E-state index in [0.29, 0.717) is 17.4 Å². The molecule has 0 aromatic heterocycles. The highest BCUT2D eigenvalue weighted by atomic mass is 16.4. The average Bonchev–Trinajstić information content (AvgIpc) is 3.00. The van der Waals surface area contributed by atoms with Gasteiger partial charge in [-0.15, -0.1) is 0 Å². The minimum atomic E-state index is -0.712. The number of hydrogen-bond acceptors (Lipinski definition) is 2. The maximum Gasteiger partial charge on any atom is 0.407 e. The Morgan fingerprint density at radius 1 is 1.33 bits per heavy atom. The average molecular weight is 210 g/mol. The molecular formula is C11H18N2O2. The number of nitrogens with one attached hydrogen (secondary N) is 1. The minimum Gasteiger partial charge on any atom is -0.465 e. The number of rotatable bonds is 1. The second kappa shape index (κ2) is 3.11. The molecule has 1 atom stereocenters. The zero-order valence-corrected chi connectivity index (χ0v) is 8.91. The van der Waals surface area contributed by atoms with Crippen LogP contribution < -0.4 is 5.32 Å². The SMILES string of the molecule is O=C(O)N1CC2(CCNCC2)C1C1CC1. The Morgan fingerprint density at radius 3 is 2.53 bits per heavy atom. The molecule has 2 N–H and O–H groups in total. The summed E-state index contributed by atoms with van der Waals surface area (Å²) in [5.41, 5.74) is 0.338. The van der Waals surface area contributed by atoms with Gasteiger partial charge in [-0.25, -0.2) is 4.79 Å². The molecule has 1 amide bonds. The Hall–Kier alpha value is -0.770. The van der Waals surface area contributed by atoms with Crippen LogP contribution in [0, 0.1) is 11.3 Å². The van der Waals surface area contributed by atoms with Crippen molar-refractivity contribution in [2.75, 3.05) is 19.6 Å². The number of carboxylic acid groups (broad SMARTS) is 1. The number of likely N-dealkylation sites (tertiary alicyclic amines) is 1. The van der Waals surface area contributed by atoms with Crippen LogP contribution in [0.4, 0.5) is 4.79 Å². The van der Waals surface area contributed by atoms with Gasteiger partial charge in [-0.05, 0) is 44.7 Å². The zero-order chi connectivity index (χ0) is 10.5. The number of nitrogens with zero attached hydrogens (tertiary/aromatic N) is 1. The Morgan fingerprint density at radius 2 is 2.00 bits per heavy atom. The second-order valence-electron chi connectivity index (χ2n) is 5.31. The van der Waals surface area contributed by atoms with Gasteiger partial charge in [0.1, 0.15) is 0 Å². The lowest BCUT2D eigenvalue weighted by atomic mass is 9.64. The van der Waals surface area contributed by atoms with E-state index in [9.17, 15) is 4.79 Å². The minimum absolute atomic E-state index is 0.338. The van der Waals surface area contributed by atoms with Crippen molar-refractivity contribution in [2.45, 2.75) is 31.7 Å². The van der Waals surface area contributed by atoms with E-state index >= 15 is 0 Å². The number of amides is 1. The maximum absolute atomic E-state index is 11.1. The van der Waals surface area contributed by atoms with Gasteiger partial charge in [-0.1, -0.05) is 0 Å². The summed E-state index contributed by atoms with van der Waals surface area (Å²) in [5.74, 6) is 0.674. The largest absolute Gasteiger partial charge is 0.465 e. The maximum atomic E-state index is 11.1. The Kier molecular flexibility index (Phi) is 1.96. The summed E-state index contributed by atoms with van der Waals surface area (Å²) in [6, 6.07) is 0.345. The lowest BCUT2D eigenvalue weighted by Crippen LogP contribution is -2.69. The van der Waals surface area contributed by atoms with Crippen molar-refractivity contribution in [3.8, 4) is 0 Å². The molecule has 2 aliphatic heterocycles. The fraction of sp³-hybridized carbons (Fsp3) is 0.909. The van der Waals surface area contributed by atoms with E-state index < -0.39 is 6.09 Å². The van der Waals surface area contributed by atoms with Gasteiger partial charge in [0.25, 0.3) is 0 Å². The van der Waals surface area contributed by atoms with Gasteiger partial charge >= 0.3 is 6.09 Å². The summed E-state index contributed by atoms with van der Waals surface area (Å²) in [5, 5.41) is 12.5. The van der Waals surface area contributed by atoms with Crippen LogP contribution in [-0.2, 0) is 0 Å². The van der Waals surface area contributed by atoms with E-state index in [-0.39, 0.29) is 0 Å². The highest BCUT2D eigenvalue weighted by Crippen LogP contribution is 2.54. The summed E-state index contributed by atoms with van der Waals surface area (Å²) < 4.78 is 0. The number of carbonyl (C=O) groups is 1. The van der Waals surface area contributed by atoms with Crippen LogP contribution in [0.3, 0.4) is 0 Å². The van der Waals surface area contributed by atoms with Crippen LogP contribution in [0.15, 0.2) is 0 Å². The number of piperidine rings is 1. The molecule has 4 nitrogen and oxygen atoms in total. The van der Waals surface area contributed by atoms with E-state index in [1.165, 1.54) is 12.8 Å². The molecule has 2 saturated heterocycles. The Bertz CT molecular complexity index is 282. The molecule has 84 valence electrons. The molecule has 1 spiro atoms. The normalized spacial score (nSPS) is 33.9. The summed E-state index contributed by atoms with van der Waals surface area (Å²) in [7, 11) is 0. The summed E-state index contributed by atoms with van der Waals surface area (Å²) >= 11 is 0. The molecule has 0 bridgehead atoms. The van der Waals surface area contributed by atoms with E-state index in [1.54, 1.807) is 4.90 Å². The third-order valence-corrected chi connectivity index (χ3v) is 4.36. The first-order valence-corrected chi connectivity index (χ1v) is 5.93. The topological polar surface area (TPSA) is 52.6 Å². The predicted molar refractivity (Wildman–Crippen MR) is 55.8 cm³/mol. The summed E-state index contributed by atoms with van der Waals surface area (Å²) in [6.07, 6.45) is 4.10. The van der Waals surface area contributed by atoms with Crippen molar-refractivity contribution < 1.29 is 9.90 Å². The molecule has 1 saturated carbocycles. The molecule has 1 unspecified atom stereocenters. The first kappa shape index (κ1) is 9.46. The predicted octanol–water partition coefficient (Wildman–Crippen LogP) is 1.13. The highest BCUT2D eigenvalue weighted by molar-refractivity contribution is 5.67. The van der Waals surface area contributed by atoms with E-state index in [1.807, 2.05) is 0 Å². The smallest absolute Gasteiger partial charge is 0.407 e. The molecule has 15 heavy (non-hydrogen) atoms. The molecule has 3 aliphatic rings. The second-order valence-corrected chi connectivity index (χ2v) is 5.31. The van der Waals surface area contributed by atoms with Crippen molar-refractivity contribution in [3.05, 3.63) is 0 Å².